The minimum atomic E-state index is 0.910. The molecular formula is C21H16N4S. The molecule has 2 aromatic carbocycles. The molecule has 0 radical (unpaired) electrons. The molecule has 4 nitrogen and oxygen atoms in total. The van der Waals surface area contributed by atoms with Crippen LogP contribution in [0.25, 0.3) is 38.0 Å². The minimum Gasteiger partial charge on any atom is -0.292 e. The fraction of sp³-hybridized carbons (Fsp3) is 0.0476. The summed E-state index contributed by atoms with van der Waals surface area (Å²) in [6.45, 7) is 2.04. The van der Waals surface area contributed by atoms with Crippen molar-refractivity contribution in [1.29, 1.82) is 0 Å². The molecule has 3 aromatic heterocycles. The van der Waals surface area contributed by atoms with E-state index in [0.29, 0.717) is 0 Å². The first-order valence-electron chi connectivity index (χ1n) is 8.45. The van der Waals surface area contributed by atoms with Crippen LogP contribution in [-0.2, 0) is 0 Å². The molecule has 0 fully saturated rings. The summed E-state index contributed by atoms with van der Waals surface area (Å²) in [6, 6.07) is 22.6. The summed E-state index contributed by atoms with van der Waals surface area (Å²) in [4.78, 5) is 10.6. The van der Waals surface area contributed by atoms with Crippen LogP contribution in [-0.4, -0.2) is 19.6 Å². The monoisotopic (exact) mass is 356 g/mol. The largest absolute Gasteiger partial charge is 0.292 e. The average molecular weight is 356 g/mol. The van der Waals surface area contributed by atoms with Gasteiger partial charge in [0.2, 0.25) is 0 Å². The molecule has 3 heterocycles. The van der Waals surface area contributed by atoms with E-state index in [2.05, 4.69) is 35.4 Å². The van der Waals surface area contributed by atoms with Crippen molar-refractivity contribution in [2.75, 3.05) is 0 Å². The summed E-state index contributed by atoms with van der Waals surface area (Å²) in [5.74, 6) is 0. The molecule has 0 spiro atoms. The van der Waals surface area contributed by atoms with Crippen molar-refractivity contribution < 1.29 is 0 Å². The van der Waals surface area contributed by atoms with Crippen molar-refractivity contribution in [2.45, 2.75) is 6.92 Å². The minimum absolute atomic E-state index is 0.910. The number of hydrogen-bond donors (Lipinski definition) is 1. The molecule has 0 bridgehead atoms. The topological polar surface area (TPSA) is 46.0 Å². The third kappa shape index (κ3) is 2.53. The molecule has 5 rings (SSSR count). The summed E-state index contributed by atoms with van der Waals surface area (Å²) in [5.41, 5.74) is 6.23. The van der Waals surface area contributed by atoms with E-state index in [1.54, 1.807) is 11.3 Å². The molecule has 0 atom stereocenters. The number of aromatic nitrogens is 4. The predicted octanol–water partition coefficient (Wildman–Crippen LogP) is 5.43. The number of nitrogens with zero attached hydrogens (tertiary/aromatic N) is 3. The highest BCUT2D eigenvalue weighted by atomic mass is 32.1. The zero-order chi connectivity index (χ0) is 17.5. The Morgan fingerprint density at radius 1 is 0.885 bits per heavy atom. The van der Waals surface area contributed by atoms with E-state index >= 15 is 0 Å². The zero-order valence-corrected chi connectivity index (χ0v) is 15.0. The van der Waals surface area contributed by atoms with Crippen LogP contribution >= 0.6 is 11.3 Å². The van der Waals surface area contributed by atoms with E-state index in [1.807, 2.05) is 54.0 Å². The van der Waals surface area contributed by atoms with Crippen molar-refractivity contribution in [3.05, 3.63) is 78.6 Å². The van der Waals surface area contributed by atoms with Crippen LogP contribution in [0, 0.1) is 6.92 Å². The maximum Gasteiger partial charge on any atom is 0.154 e. The number of fused-ring (bicyclic) bond motifs is 1. The van der Waals surface area contributed by atoms with Gasteiger partial charge in [-0.05, 0) is 12.5 Å². The van der Waals surface area contributed by atoms with E-state index in [0.717, 1.165) is 43.7 Å². The molecule has 0 saturated carbocycles. The fourth-order valence-corrected chi connectivity index (χ4v) is 4.12. The van der Waals surface area contributed by atoms with Gasteiger partial charge in [-0.3, -0.25) is 5.10 Å². The second-order valence-electron chi connectivity index (χ2n) is 6.19. The number of imidazole rings is 1. The number of aryl methyl sites for hydroxylation is 1. The Morgan fingerprint density at radius 3 is 2.27 bits per heavy atom. The molecule has 0 aliphatic carbocycles. The third-order valence-corrected chi connectivity index (χ3v) is 5.61. The van der Waals surface area contributed by atoms with Crippen LogP contribution in [0.15, 0.2) is 72.9 Å². The van der Waals surface area contributed by atoms with E-state index in [9.17, 15) is 0 Å². The molecule has 0 aliphatic heterocycles. The van der Waals surface area contributed by atoms with E-state index in [4.69, 9.17) is 9.97 Å². The molecule has 1 N–H and O–H groups in total. The van der Waals surface area contributed by atoms with Crippen LogP contribution in [0.3, 0.4) is 0 Å². The first-order chi connectivity index (χ1) is 12.8. The highest BCUT2D eigenvalue weighted by Crippen LogP contribution is 2.35. The predicted molar refractivity (Wildman–Crippen MR) is 106 cm³/mol. The first kappa shape index (κ1) is 15.1. The normalized spacial score (nSPS) is 11.3. The van der Waals surface area contributed by atoms with Gasteiger partial charge in [-0.15, -0.1) is 11.3 Å². The van der Waals surface area contributed by atoms with Crippen molar-refractivity contribution in [3.8, 4) is 32.4 Å². The van der Waals surface area contributed by atoms with Crippen LogP contribution in [0.4, 0.5) is 0 Å². The average Bonchev–Trinajstić information content (AvgIpc) is 3.36. The number of H-pyrrole nitrogens is 1. The summed E-state index contributed by atoms with van der Waals surface area (Å²) in [7, 11) is 0. The zero-order valence-electron chi connectivity index (χ0n) is 14.2. The Kier molecular flexibility index (Phi) is 3.47. The van der Waals surface area contributed by atoms with Gasteiger partial charge < -0.3 is 0 Å². The number of rotatable bonds is 3. The van der Waals surface area contributed by atoms with Gasteiger partial charge in [0.15, 0.2) is 5.65 Å². The Hall–Kier alpha value is -3.18. The Bertz CT molecular complexity index is 1150. The van der Waals surface area contributed by atoms with Crippen molar-refractivity contribution in [3.63, 3.8) is 0 Å². The first-order valence-corrected chi connectivity index (χ1v) is 9.26. The number of nitrogens with one attached hydrogen (secondary N) is 1. The fourth-order valence-electron chi connectivity index (χ4n) is 3.09. The number of aromatic amines is 1. The lowest BCUT2D eigenvalue weighted by Crippen LogP contribution is -1.82. The van der Waals surface area contributed by atoms with Crippen molar-refractivity contribution in [1.82, 2.24) is 19.6 Å². The highest BCUT2D eigenvalue weighted by molar-refractivity contribution is 7.18. The Morgan fingerprint density at radius 2 is 1.58 bits per heavy atom. The van der Waals surface area contributed by atoms with E-state index in [-0.39, 0.29) is 0 Å². The maximum atomic E-state index is 4.80. The lowest BCUT2D eigenvalue weighted by atomic mass is 10.2. The van der Waals surface area contributed by atoms with E-state index in [1.165, 1.54) is 0 Å². The van der Waals surface area contributed by atoms with Gasteiger partial charge in [0, 0.05) is 11.6 Å². The Balaban J connectivity index is 1.54. The van der Waals surface area contributed by atoms with Gasteiger partial charge in [0.05, 0.1) is 22.5 Å². The molecule has 0 aliphatic rings. The quantitative estimate of drug-likeness (QED) is 0.468. The summed E-state index contributed by atoms with van der Waals surface area (Å²) >= 11 is 1.68. The Labute approximate surface area is 154 Å². The molecule has 26 heavy (non-hydrogen) atoms. The lowest BCUT2D eigenvalue weighted by molar-refractivity contribution is 0.978. The highest BCUT2D eigenvalue weighted by Gasteiger charge is 2.15. The smallest absolute Gasteiger partial charge is 0.154 e. The number of benzene rings is 2. The number of hydrogen-bond acceptors (Lipinski definition) is 3. The summed E-state index contributed by atoms with van der Waals surface area (Å²) < 4.78 is 1.97. The second-order valence-corrected chi connectivity index (χ2v) is 7.19. The number of thiazole rings is 1. The van der Waals surface area contributed by atoms with Gasteiger partial charge in [-0.25, -0.2) is 14.5 Å². The van der Waals surface area contributed by atoms with Crippen LogP contribution in [0.5, 0.6) is 0 Å². The lowest BCUT2D eigenvalue weighted by Gasteiger charge is -1.95. The van der Waals surface area contributed by atoms with Crippen LogP contribution < -0.4 is 0 Å². The molecular weight excluding hydrogens is 340 g/mol. The third-order valence-electron chi connectivity index (χ3n) is 4.38. The van der Waals surface area contributed by atoms with Crippen LogP contribution in [0.1, 0.15) is 5.69 Å². The summed E-state index contributed by atoms with van der Waals surface area (Å²) in [6.07, 6.45) is 2.04. The standard InChI is InChI=1S/C21H16N4S/c1-14-20(26-21(22-14)16-10-6-3-7-11-16)18-13-25-19(23-18)12-17(24-25)15-8-4-2-5-9-15/h2-13,24H,1H3. The molecule has 5 heteroatoms. The van der Waals surface area contributed by atoms with Crippen molar-refractivity contribution in [2.24, 2.45) is 0 Å². The van der Waals surface area contributed by atoms with Gasteiger partial charge in [0.25, 0.3) is 0 Å². The molecule has 5 aromatic rings. The van der Waals surface area contributed by atoms with E-state index < -0.39 is 0 Å². The van der Waals surface area contributed by atoms with Gasteiger partial charge >= 0.3 is 0 Å². The van der Waals surface area contributed by atoms with Gasteiger partial charge in [0.1, 0.15) is 10.7 Å². The molecule has 0 unspecified atom stereocenters. The molecule has 0 amide bonds. The molecule has 0 saturated heterocycles. The summed E-state index contributed by atoms with van der Waals surface area (Å²) in [5, 5.41) is 4.43. The molecule has 126 valence electrons. The second kappa shape index (κ2) is 5.97. The maximum absolute atomic E-state index is 4.80. The van der Waals surface area contributed by atoms with Crippen LogP contribution in [0.2, 0.25) is 0 Å². The van der Waals surface area contributed by atoms with Gasteiger partial charge in [-0.1, -0.05) is 60.7 Å². The SMILES string of the molecule is Cc1nc(-c2ccccc2)sc1-c1cn2[nH]c(-c3ccccc3)cc2n1. The van der Waals surface area contributed by atoms with Crippen molar-refractivity contribution >= 4 is 17.0 Å². The van der Waals surface area contributed by atoms with Gasteiger partial charge in [-0.2, -0.15) is 0 Å².